The molecule has 0 saturated carbocycles. The predicted octanol–water partition coefficient (Wildman–Crippen LogP) is 6.62. The summed E-state index contributed by atoms with van der Waals surface area (Å²) in [6.07, 6.45) is 3.76. The van der Waals surface area contributed by atoms with Crippen LogP contribution in [-0.4, -0.2) is 36.2 Å². The molecule has 0 bridgehead atoms. The van der Waals surface area contributed by atoms with E-state index in [4.69, 9.17) is 9.47 Å². The van der Waals surface area contributed by atoms with Crippen LogP contribution in [0.2, 0.25) is 0 Å². The molecule has 6 rings (SSSR count). The van der Waals surface area contributed by atoms with Crippen LogP contribution in [0.25, 0.3) is 20.5 Å². The number of hydrogen-bond donors (Lipinski definition) is 1. The lowest BCUT2D eigenvalue weighted by molar-refractivity contribution is 0.183. The molecule has 4 nitrogen and oxygen atoms in total. The zero-order chi connectivity index (χ0) is 22.2. The minimum atomic E-state index is -0.199. The number of thiophene rings is 1. The molecule has 0 aliphatic carbocycles. The van der Waals surface area contributed by atoms with Crippen LogP contribution in [0.3, 0.4) is 0 Å². The monoisotopic (exact) mass is 457 g/mol. The minimum absolute atomic E-state index is 0.199. The van der Waals surface area contributed by atoms with Crippen LogP contribution in [-0.2, 0) is 0 Å². The molecular weight excluding hydrogens is 430 g/mol. The number of fused-ring (bicyclic) bond motifs is 5. The first kappa shape index (κ1) is 20.6. The molecule has 1 saturated heterocycles. The van der Waals surface area contributed by atoms with Crippen molar-refractivity contribution in [3.63, 3.8) is 0 Å². The van der Waals surface area contributed by atoms with E-state index in [1.807, 2.05) is 30.3 Å². The Bertz CT molecular complexity index is 1270. The molecule has 4 aromatic rings. The van der Waals surface area contributed by atoms with E-state index in [2.05, 4.69) is 35.2 Å². The fourth-order valence-corrected chi connectivity index (χ4v) is 6.25. The molecule has 0 unspecified atom stereocenters. The van der Waals surface area contributed by atoms with Gasteiger partial charge in [0.15, 0.2) is 6.10 Å². The molecule has 5 heteroatoms. The van der Waals surface area contributed by atoms with Gasteiger partial charge in [0.2, 0.25) is 0 Å². The number of likely N-dealkylation sites (tertiary alicyclic amines) is 1. The number of ether oxygens (including phenoxy) is 2. The van der Waals surface area contributed by atoms with Crippen LogP contribution in [0.1, 0.15) is 36.5 Å². The smallest absolute Gasteiger partial charge is 0.151 e. The first-order chi connectivity index (χ1) is 16.3. The van der Waals surface area contributed by atoms with Crippen LogP contribution >= 0.6 is 11.3 Å². The van der Waals surface area contributed by atoms with Crippen LogP contribution in [0, 0.1) is 0 Å². The van der Waals surface area contributed by atoms with E-state index in [-0.39, 0.29) is 11.9 Å². The summed E-state index contributed by atoms with van der Waals surface area (Å²) in [5.41, 5.74) is 3.39. The number of phenols is 1. The second-order valence-electron chi connectivity index (χ2n) is 8.84. The van der Waals surface area contributed by atoms with Gasteiger partial charge in [-0.25, -0.2) is 0 Å². The molecule has 33 heavy (non-hydrogen) atoms. The highest BCUT2D eigenvalue weighted by Gasteiger charge is 2.31. The van der Waals surface area contributed by atoms with Crippen LogP contribution in [0.5, 0.6) is 17.2 Å². The molecule has 0 amide bonds. The number of benzene rings is 3. The van der Waals surface area contributed by atoms with E-state index in [0.717, 1.165) is 45.9 Å². The summed E-state index contributed by atoms with van der Waals surface area (Å²) in [6.45, 7) is 4.09. The standard InChI is InChI=1S/C28H27NO3S/c30-20-10-13-23-25(18-20)33-28-22-6-2-3-7-24(22)32-27(26(23)28)19-8-11-21(12-9-19)31-17-16-29-14-4-1-5-15-29/h2-3,6-13,18,27,30H,1,4-5,14-17H2/t27-/m0/s1. The Kier molecular flexibility index (Phi) is 5.44. The van der Waals surface area contributed by atoms with Crippen molar-refractivity contribution >= 4 is 21.4 Å². The summed E-state index contributed by atoms with van der Waals surface area (Å²) >= 11 is 1.71. The average molecular weight is 458 g/mol. The molecule has 1 atom stereocenters. The van der Waals surface area contributed by atoms with Gasteiger partial charge in [0.1, 0.15) is 23.9 Å². The molecule has 1 fully saturated rings. The Morgan fingerprint density at radius 2 is 1.79 bits per heavy atom. The van der Waals surface area contributed by atoms with Crippen molar-refractivity contribution in [2.75, 3.05) is 26.2 Å². The first-order valence-corrected chi connectivity index (χ1v) is 12.5. The lowest BCUT2D eigenvalue weighted by Crippen LogP contribution is -2.33. The number of nitrogens with zero attached hydrogens (tertiary/aromatic N) is 1. The Morgan fingerprint density at radius 3 is 2.64 bits per heavy atom. The van der Waals surface area contributed by atoms with E-state index in [9.17, 15) is 5.11 Å². The number of hydrogen-bond acceptors (Lipinski definition) is 5. The van der Waals surface area contributed by atoms with E-state index in [1.54, 1.807) is 17.4 Å². The van der Waals surface area contributed by atoms with Gasteiger partial charge in [-0.2, -0.15) is 0 Å². The molecule has 3 heterocycles. The molecule has 168 valence electrons. The Balaban J connectivity index is 1.28. The maximum atomic E-state index is 10.0. The quantitative estimate of drug-likeness (QED) is 0.366. The molecule has 3 aromatic carbocycles. The van der Waals surface area contributed by atoms with Gasteiger partial charge in [-0.1, -0.05) is 30.7 Å². The van der Waals surface area contributed by atoms with Crippen LogP contribution in [0.15, 0.2) is 66.7 Å². The zero-order valence-corrected chi connectivity index (χ0v) is 19.3. The summed E-state index contributed by atoms with van der Waals surface area (Å²) < 4.78 is 13.6. The van der Waals surface area contributed by atoms with Gasteiger partial charge in [0.25, 0.3) is 0 Å². The van der Waals surface area contributed by atoms with E-state index >= 15 is 0 Å². The van der Waals surface area contributed by atoms with Gasteiger partial charge < -0.3 is 14.6 Å². The first-order valence-electron chi connectivity index (χ1n) is 11.7. The second-order valence-corrected chi connectivity index (χ2v) is 9.89. The van der Waals surface area contributed by atoms with Gasteiger partial charge in [-0.3, -0.25) is 4.90 Å². The van der Waals surface area contributed by atoms with Crippen molar-refractivity contribution in [1.82, 2.24) is 4.90 Å². The summed E-state index contributed by atoms with van der Waals surface area (Å²) in [4.78, 5) is 3.70. The normalized spacial score (nSPS) is 17.9. The summed E-state index contributed by atoms with van der Waals surface area (Å²) in [6, 6.07) is 22.1. The van der Waals surface area contributed by atoms with Crippen molar-refractivity contribution in [1.29, 1.82) is 0 Å². The molecule has 1 aromatic heterocycles. The Hall–Kier alpha value is -3.02. The molecular formula is C28H27NO3S. The fraction of sp³-hybridized carbons (Fsp3) is 0.286. The predicted molar refractivity (Wildman–Crippen MR) is 134 cm³/mol. The summed E-state index contributed by atoms with van der Waals surface area (Å²) in [5, 5.41) is 11.1. The van der Waals surface area contributed by atoms with Gasteiger partial charge >= 0.3 is 0 Å². The highest BCUT2D eigenvalue weighted by Crippen LogP contribution is 2.52. The highest BCUT2D eigenvalue weighted by atomic mass is 32.1. The van der Waals surface area contributed by atoms with E-state index < -0.39 is 0 Å². The van der Waals surface area contributed by atoms with Gasteiger partial charge in [-0.15, -0.1) is 11.3 Å². The lowest BCUT2D eigenvalue weighted by Gasteiger charge is -2.27. The van der Waals surface area contributed by atoms with Crippen LogP contribution in [0.4, 0.5) is 0 Å². The Morgan fingerprint density at radius 1 is 0.970 bits per heavy atom. The molecule has 0 radical (unpaired) electrons. The Labute approximate surface area is 198 Å². The van der Waals surface area contributed by atoms with Gasteiger partial charge in [0.05, 0.1) is 0 Å². The van der Waals surface area contributed by atoms with Gasteiger partial charge in [-0.05, 0) is 74.0 Å². The maximum Gasteiger partial charge on any atom is 0.151 e. The van der Waals surface area contributed by atoms with E-state index in [0.29, 0.717) is 0 Å². The zero-order valence-electron chi connectivity index (χ0n) is 18.5. The minimum Gasteiger partial charge on any atom is -0.508 e. The number of para-hydroxylation sites is 1. The third-order valence-corrected chi connectivity index (χ3v) is 7.86. The SMILES string of the molecule is Oc1ccc2c3c(sc2c1)-c1ccccc1O[C@H]3c1ccc(OCCN2CCCCC2)cc1. The third kappa shape index (κ3) is 3.96. The van der Waals surface area contributed by atoms with Crippen LogP contribution < -0.4 is 9.47 Å². The molecule has 2 aliphatic heterocycles. The number of rotatable bonds is 5. The van der Waals surface area contributed by atoms with Crippen molar-refractivity contribution in [3.05, 3.63) is 77.9 Å². The van der Waals surface area contributed by atoms with Crippen molar-refractivity contribution < 1.29 is 14.6 Å². The molecule has 1 N–H and O–H groups in total. The lowest BCUT2D eigenvalue weighted by atomic mass is 9.93. The summed E-state index contributed by atoms with van der Waals surface area (Å²) in [7, 11) is 0. The van der Waals surface area contributed by atoms with Crippen molar-refractivity contribution in [2.45, 2.75) is 25.4 Å². The fourth-order valence-electron chi connectivity index (χ4n) is 4.96. The summed E-state index contributed by atoms with van der Waals surface area (Å²) in [5.74, 6) is 2.08. The number of piperidine rings is 1. The highest BCUT2D eigenvalue weighted by molar-refractivity contribution is 7.22. The van der Waals surface area contributed by atoms with E-state index in [1.165, 1.54) is 42.8 Å². The maximum absolute atomic E-state index is 10.0. The third-order valence-electron chi connectivity index (χ3n) is 6.66. The second kappa shape index (κ2) is 8.73. The van der Waals surface area contributed by atoms with Crippen molar-refractivity contribution in [2.24, 2.45) is 0 Å². The number of aromatic hydroxyl groups is 1. The number of phenolic OH excluding ortho intramolecular Hbond substituents is 1. The van der Waals surface area contributed by atoms with Gasteiger partial charge in [0, 0.05) is 32.6 Å². The molecule has 2 aliphatic rings. The average Bonchev–Trinajstić information content (AvgIpc) is 3.23. The molecule has 0 spiro atoms. The topological polar surface area (TPSA) is 41.9 Å². The van der Waals surface area contributed by atoms with Crippen molar-refractivity contribution in [3.8, 4) is 27.7 Å². The largest absolute Gasteiger partial charge is 0.508 e.